The van der Waals surface area contributed by atoms with Crippen molar-refractivity contribution >= 4 is 23.4 Å². The molecule has 9 nitrogen and oxygen atoms in total. The van der Waals surface area contributed by atoms with Gasteiger partial charge in [-0.25, -0.2) is 4.98 Å². The number of rotatable bonds is 6. The van der Waals surface area contributed by atoms with E-state index in [4.69, 9.17) is 5.73 Å². The molecule has 1 aromatic heterocycles. The average molecular weight is 268 g/mol. The third-order valence-electron chi connectivity index (χ3n) is 2.25. The molecule has 0 unspecified atom stereocenters. The number of aromatic nitrogens is 2. The molecule has 0 aliphatic rings. The first-order valence-corrected chi connectivity index (χ1v) is 5.74. The first kappa shape index (κ1) is 14.6. The normalized spacial score (nSPS) is 10.0. The first-order valence-electron chi connectivity index (χ1n) is 5.74. The highest BCUT2D eigenvalue weighted by Crippen LogP contribution is 2.25. The Morgan fingerprint density at radius 1 is 1.47 bits per heavy atom. The van der Waals surface area contributed by atoms with Gasteiger partial charge in [-0.05, 0) is 13.3 Å². The maximum atomic E-state index is 11.4. The van der Waals surface area contributed by atoms with Crippen LogP contribution in [0.1, 0.15) is 19.0 Å². The zero-order valence-electron chi connectivity index (χ0n) is 10.8. The molecule has 4 N–H and O–H groups in total. The predicted octanol–water partition coefficient (Wildman–Crippen LogP) is 0.214. The van der Waals surface area contributed by atoms with Crippen molar-refractivity contribution in [2.75, 3.05) is 24.1 Å². The summed E-state index contributed by atoms with van der Waals surface area (Å²) in [6.07, 6.45) is 0.811. The minimum Gasteiger partial charge on any atom is -0.368 e. The molecule has 1 amide bonds. The maximum Gasteiger partial charge on any atom is 0.332 e. The second-order valence-electron chi connectivity index (χ2n) is 3.83. The van der Waals surface area contributed by atoms with E-state index in [1.54, 1.807) is 0 Å². The molecule has 104 valence electrons. The van der Waals surface area contributed by atoms with Crippen LogP contribution >= 0.6 is 0 Å². The standard InChI is InChI=1S/C10H16N6O3/c1-3-4-12-7(17)5-13-9-8(16(18)19)6(2)14-10(11)15-9/h3-5H2,1-2H3,(H,12,17)(H3,11,13,14,15). The summed E-state index contributed by atoms with van der Waals surface area (Å²) in [4.78, 5) is 29.2. The van der Waals surface area contributed by atoms with E-state index < -0.39 is 4.92 Å². The molecule has 19 heavy (non-hydrogen) atoms. The van der Waals surface area contributed by atoms with Crippen LogP contribution in [0, 0.1) is 17.0 Å². The highest BCUT2D eigenvalue weighted by Gasteiger charge is 2.21. The van der Waals surface area contributed by atoms with Crippen LogP contribution in [-0.4, -0.2) is 33.9 Å². The monoisotopic (exact) mass is 268 g/mol. The van der Waals surface area contributed by atoms with Crippen LogP contribution in [-0.2, 0) is 4.79 Å². The largest absolute Gasteiger partial charge is 0.368 e. The maximum absolute atomic E-state index is 11.4. The molecule has 0 fully saturated rings. The van der Waals surface area contributed by atoms with Crippen molar-refractivity contribution in [1.82, 2.24) is 15.3 Å². The van der Waals surface area contributed by atoms with Crippen molar-refractivity contribution in [3.05, 3.63) is 15.8 Å². The number of nitrogen functional groups attached to an aromatic ring is 1. The summed E-state index contributed by atoms with van der Waals surface area (Å²) in [5.74, 6) is -0.410. The molecule has 1 aromatic rings. The lowest BCUT2D eigenvalue weighted by atomic mass is 10.3. The summed E-state index contributed by atoms with van der Waals surface area (Å²) in [6.45, 7) is 3.82. The van der Waals surface area contributed by atoms with E-state index in [9.17, 15) is 14.9 Å². The Morgan fingerprint density at radius 2 is 2.16 bits per heavy atom. The van der Waals surface area contributed by atoms with Crippen molar-refractivity contribution in [1.29, 1.82) is 0 Å². The Bertz CT molecular complexity index is 490. The molecule has 1 rings (SSSR count). The summed E-state index contributed by atoms with van der Waals surface area (Å²) in [5, 5.41) is 16.1. The highest BCUT2D eigenvalue weighted by molar-refractivity contribution is 5.81. The number of aryl methyl sites for hydroxylation is 1. The third-order valence-corrected chi connectivity index (χ3v) is 2.25. The van der Waals surface area contributed by atoms with Gasteiger partial charge in [0, 0.05) is 6.54 Å². The summed E-state index contributed by atoms with van der Waals surface area (Å²) >= 11 is 0. The van der Waals surface area contributed by atoms with Gasteiger partial charge >= 0.3 is 5.69 Å². The van der Waals surface area contributed by atoms with Gasteiger partial charge in [-0.2, -0.15) is 4.98 Å². The predicted molar refractivity (Wildman–Crippen MR) is 69.6 cm³/mol. The molecule has 0 aromatic carbocycles. The van der Waals surface area contributed by atoms with E-state index in [0.29, 0.717) is 6.54 Å². The number of anilines is 2. The first-order chi connectivity index (χ1) is 8.95. The SMILES string of the molecule is CCCNC(=O)CNc1nc(N)nc(C)c1[N+](=O)[O-]. The molecule has 0 aliphatic heterocycles. The molecule has 0 atom stereocenters. The smallest absolute Gasteiger partial charge is 0.332 e. The number of hydrogen-bond acceptors (Lipinski definition) is 7. The average Bonchev–Trinajstić information content (AvgIpc) is 2.32. The van der Waals surface area contributed by atoms with E-state index in [1.165, 1.54) is 6.92 Å². The minimum atomic E-state index is -0.610. The van der Waals surface area contributed by atoms with Crippen LogP contribution in [0.15, 0.2) is 0 Å². The van der Waals surface area contributed by atoms with Crippen molar-refractivity contribution in [2.24, 2.45) is 0 Å². The Morgan fingerprint density at radius 3 is 2.74 bits per heavy atom. The van der Waals surface area contributed by atoms with Gasteiger partial charge in [0.1, 0.15) is 5.69 Å². The van der Waals surface area contributed by atoms with Crippen molar-refractivity contribution < 1.29 is 9.72 Å². The quantitative estimate of drug-likeness (QED) is 0.495. The number of nitrogens with zero attached hydrogens (tertiary/aromatic N) is 3. The number of amides is 1. The molecule has 0 spiro atoms. The molecule has 0 bridgehead atoms. The number of nitrogens with two attached hydrogens (primary N) is 1. The fourth-order valence-corrected chi connectivity index (χ4v) is 1.42. The Labute approximate surface area is 109 Å². The second-order valence-corrected chi connectivity index (χ2v) is 3.83. The second kappa shape index (κ2) is 6.47. The van der Waals surface area contributed by atoms with Gasteiger partial charge in [-0.15, -0.1) is 0 Å². The van der Waals surface area contributed by atoms with Crippen LogP contribution in [0.3, 0.4) is 0 Å². The lowest BCUT2D eigenvalue weighted by molar-refractivity contribution is -0.385. The number of nitro groups is 1. The van der Waals surface area contributed by atoms with Crippen LogP contribution in [0.5, 0.6) is 0 Å². The van der Waals surface area contributed by atoms with Crippen LogP contribution in [0.25, 0.3) is 0 Å². The van der Waals surface area contributed by atoms with Gasteiger partial charge in [-0.3, -0.25) is 14.9 Å². The van der Waals surface area contributed by atoms with E-state index in [2.05, 4.69) is 20.6 Å². The Balaban J connectivity index is 2.82. The number of carbonyl (C=O) groups is 1. The summed E-state index contributed by atoms with van der Waals surface area (Å²) in [5.41, 5.74) is 5.30. The topological polar surface area (TPSA) is 136 Å². The van der Waals surface area contributed by atoms with Crippen molar-refractivity contribution in [2.45, 2.75) is 20.3 Å². The molecular weight excluding hydrogens is 252 g/mol. The fourth-order valence-electron chi connectivity index (χ4n) is 1.42. The molecule has 9 heteroatoms. The lowest BCUT2D eigenvalue weighted by Gasteiger charge is -2.08. The van der Waals surface area contributed by atoms with Gasteiger partial charge in [0.25, 0.3) is 0 Å². The molecule has 0 aliphatic carbocycles. The number of nitrogens with one attached hydrogen (secondary N) is 2. The van der Waals surface area contributed by atoms with Crippen LogP contribution < -0.4 is 16.4 Å². The van der Waals surface area contributed by atoms with E-state index in [0.717, 1.165) is 6.42 Å². The zero-order chi connectivity index (χ0) is 14.4. The molecule has 0 radical (unpaired) electrons. The van der Waals surface area contributed by atoms with Gasteiger partial charge in [0.2, 0.25) is 17.7 Å². The highest BCUT2D eigenvalue weighted by atomic mass is 16.6. The van der Waals surface area contributed by atoms with Crippen molar-refractivity contribution in [3.8, 4) is 0 Å². The fraction of sp³-hybridized carbons (Fsp3) is 0.500. The van der Waals surface area contributed by atoms with Gasteiger partial charge in [0.15, 0.2) is 0 Å². The Hall–Kier alpha value is -2.45. The molecular formula is C10H16N6O3. The third kappa shape index (κ3) is 4.05. The minimum absolute atomic E-state index is 0.0540. The van der Waals surface area contributed by atoms with Gasteiger partial charge in [0.05, 0.1) is 11.5 Å². The zero-order valence-corrected chi connectivity index (χ0v) is 10.8. The molecule has 0 saturated heterocycles. The number of carbonyl (C=O) groups excluding carboxylic acids is 1. The van der Waals surface area contributed by atoms with Crippen LogP contribution in [0.4, 0.5) is 17.5 Å². The van der Waals surface area contributed by atoms with Gasteiger partial charge in [-0.1, -0.05) is 6.92 Å². The number of hydrogen-bond donors (Lipinski definition) is 3. The molecule has 0 saturated carbocycles. The molecule has 1 heterocycles. The summed E-state index contributed by atoms with van der Waals surface area (Å²) in [6, 6.07) is 0. The van der Waals surface area contributed by atoms with Gasteiger partial charge < -0.3 is 16.4 Å². The van der Waals surface area contributed by atoms with E-state index in [1.807, 2.05) is 6.92 Å². The summed E-state index contributed by atoms with van der Waals surface area (Å²) in [7, 11) is 0. The Kier molecular flexibility index (Phi) is 4.98. The van der Waals surface area contributed by atoms with E-state index in [-0.39, 0.29) is 35.6 Å². The van der Waals surface area contributed by atoms with Crippen LogP contribution in [0.2, 0.25) is 0 Å². The summed E-state index contributed by atoms with van der Waals surface area (Å²) < 4.78 is 0. The van der Waals surface area contributed by atoms with E-state index >= 15 is 0 Å². The lowest BCUT2D eigenvalue weighted by Crippen LogP contribution is -2.30. The van der Waals surface area contributed by atoms with Crippen molar-refractivity contribution in [3.63, 3.8) is 0 Å².